The molecule has 1 aliphatic carbocycles. The van der Waals surface area contributed by atoms with Gasteiger partial charge in [-0.15, -0.1) is 0 Å². The molecular weight excluding hydrogens is 254 g/mol. The lowest BCUT2D eigenvalue weighted by Crippen LogP contribution is -2.25. The molecule has 20 heavy (non-hydrogen) atoms. The summed E-state index contributed by atoms with van der Waals surface area (Å²) in [5.74, 6) is 1.08. The second-order valence-electron chi connectivity index (χ2n) is 4.71. The van der Waals surface area contributed by atoms with Gasteiger partial charge in [0.05, 0.1) is 6.61 Å². The maximum atomic E-state index is 10.6. The van der Waals surface area contributed by atoms with E-state index in [1.54, 1.807) is 7.11 Å². The fraction of sp³-hybridized carbons (Fsp3) is 0.562. The van der Waals surface area contributed by atoms with Crippen LogP contribution in [0.5, 0.6) is 5.75 Å². The van der Waals surface area contributed by atoms with Gasteiger partial charge in [-0.1, -0.05) is 12.1 Å². The number of methoxy groups -OCH3 is 1. The first kappa shape index (κ1) is 16.7. The van der Waals surface area contributed by atoms with Crippen molar-refractivity contribution in [3.05, 3.63) is 29.3 Å². The summed E-state index contributed by atoms with van der Waals surface area (Å²) in [7, 11) is 1.68. The van der Waals surface area contributed by atoms with Crippen molar-refractivity contribution in [2.24, 2.45) is 5.73 Å². The summed E-state index contributed by atoms with van der Waals surface area (Å²) >= 11 is 0. The summed E-state index contributed by atoms with van der Waals surface area (Å²) in [5.41, 5.74) is 8.44. The highest BCUT2D eigenvalue weighted by molar-refractivity contribution is 5.56. The third kappa shape index (κ3) is 4.05. The smallest absolute Gasteiger partial charge is 0.122 e. The van der Waals surface area contributed by atoms with Crippen molar-refractivity contribution < 1.29 is 14.3 Å². The summed E-state index contributed by atoms with van der Waals surface area (Å²) in [6.45, 7) is 5.40. The summed E-state index contributed by atoms with van der Waals surface area (Å²) in [4.78, 5) is 10.6. The van der Waals surface area contributed by atoms with E-state index in [-0.39, 0.29) is 12.0 Å². The molecule has 0 saturated heterocycles. The number of nitrogens with two attached hydrogens (primary N) is 1. The lowest BCUT2D eigenvalue weighted by atomic mass is 9.96. The standard InChI is InChI=1S/C13H17NO2.C3H8O/c1-2-16-13-5-3-4-9-10(6-7-15)12(14)8-11(9)13;1-3-4-2/h3-5,7,10,12H,2,6,8,14H2,1H3;3H2,1-2H3. The highest BCUT2D eigenvalue weighted by Crippen LogP contribution is 2.39. The fourth-order valence-electron chi connectivity index (χ4n) is 2.45. The van der Waals surface area contributed by atoms with Crippen molar-refractivity contribution in [3.63, 3.8) is 0 Å². The highest BCUT2D eigenvalue weighted by atomic mass is 16.5. The zero-order valence-electron chi connectivity index (χ0n) is 12.6. The van der Waals surface area contributed by atoms with E-state index in [1.165, 1.54) is 11.1 Å². The summed E-state index contributed by atoms with van der Waals surface area (Å²) in [5, 5.41) is 0. The Balaban J connectivity index is 0.000000444. The van der Waals surface area contributed by atoms with Crippen LogP contribution in [0.1, 0.15) is 37.3 Å². The van der Waals surface area contributed by atoms with Crippen molar-refractivity contribution in [1.82, 2.24) is 0 Å². The molecule has 1 aliphatic rings. The van der Waals surface area contributed by atoms with Crippen LogP contribution in [0.2, 0.25) is 0 Å². The van der Waals surface area contributed by atoms with Crippen molar-refractivity contribution in [1.29, 1.82) is 0 Å². The number of fused-ring (bicyclic) bond motifs is 1. The first-order chi connectivity index (χ1) is 9.69. The number of aldehydes is 1. The molecule has 2 unspecified atom stereocenters. The second kappa shape index (κ2) is 8.72. The van der Waals surface area contributed by atoms with Crippen molar-refractivity contribution >= 4 is 6.29 Å². The van der Waals surface area contributed by atoms with E-state index in [2.05, 4.69) is 10.8 Å². The van der Waals surface area contributed by atoms with E-state index < -0.39 is 0 Å². The molecule has 2 N–H and O–H groups in total. The van der Waals surface area contributed by atoms with E-state index in [4.69, 9.17) is 10.5 Å². The average molecular weight is 279 g/mol. The fourth-order valence-corrected chi connectivity index (χ4v) is 2.45. The molecule has 0 heterocycles. The van der Waals surface area contributed by atoms with Gasteiger partial charge in [-0.25, -0.2) is 0 Å². The normalized spacial score (nSPS) is 19.8. The zero-order chi connectivity index (χ0) is 15.0. The SMILES string of the molecule is CCOC.CCOc1cccc2c1CC(N)C2CC=O. The Labute approximate surface area is 121 Å². The molecule has 4 nitrogen and oxygen atoms in total. The molecule has 0 saturated carbocycles. The van der Waals surface area contributed by atoms with E-state index in [1.807, 2.05) is 26.0 Å². The minimum absolute atomic E-state index is 0.0433. The molecule has 0 radical (unpaired) electrons. The van der Waals surface area contributed by atoms with Gasteiger partial charge in [0, 0.05) is 32.1 Å². The van der Waals surface area contributed by atoms with E-state index >= 15 is 0 Å². The number of hydrogen-bond acceptors (Lipinski definition) is 4. The van der Waals surface area contributed by atoms with Crippen LogP contribution in [0.4, 0.5) is 0 Å². The van der Waals surface area contributed by atoms with Crippen LogP contribution in [0.25, 0.3) is 0 Å². The molecule has 0 bridgehead atoms. The zero-order valence-corrected chi connectivity index (χ0v) is 12.6. The van der Waals surface area contributed by atoms with Gasteiger partial charge in [0.2, 0.25) is 0 Å². The van der Waals surface area contributed by atoms with E-state index in [9.17, 15) is 4.79 Å². The van der Waals surface area contributed by atoms with Gasteiger partial charge < -0.3 is 20.0 Å². The largest absolute Gasteiger partial charge is 0.494 e. The number of ether oxygens (including phenoxy) is 2. The molecule has 1 aromatic carbocycles. The van der Waals surface area contributed by atoms with Gasteiger partial charge in [0.25, 0.3) is 0 Å². The Morgan fingerprint density at radius 2 is 2.05 bits per heavy atom. The molecule has 0 amide bonds. The van der Waals surface area contributed by atoms with Crippen LogP contribution in [-0.4, -0.2) is 32.7 Å². The number of benzene rings is 1. The monoisotopic (exact) mass is 279 g/mol. The third-order valence-corrected chi connectivity index (χ3v) is 3.46. The van der Waals surface area contributed by atoms with Crippen LogP contribution in [0.15, 0.2) is 18.2 Å². The summed E-state index contributed by atoms with van der Waals surface area (Å²) in [6.07, 6.45) is 2.26. The van der Waals surface area contributed by atoms with Gasteiger partial charge in [0.1, 0.15) is 12.0 Å². The van der Waals surface area contributed by atoms with Gasteiger partial charge in [-0.05, 0) is 37.5 Å². The van der Waals surface area contributed by atoms with E-state index in [0.717, 1.165) is 25.1 Å². The van der Waals surface area contributed by atoms with Crippen molar-refractivity contribution in [3.8, 4) is 5.75 Å². The minimum atomic E-state index is 0.0433. The molecule has 1 aromatic rings. The van der Waals surface area contributed by atoms with Crippen LogP contribution >= 0.6 is 0 Å². The number of rotatable bonds is 5. The Kier molecular flexibility index (Phi) is 7.26. The first-order valence-electron chi connectivity index (χ1n) is 7.12. The van der Waals surface area contributed by atoms with Gasteiger partial charge >= 0.3 is 0 Å². The Morgan fingerprint density at radius 3 is 2.60 bits per heavy atom. The van der Waals surface area contributed by atoms with Crippen LogP contribution in [0.3, 0.4) is 0 Å². The Bertz CT molecular complexity index is 418. The highest BCUT2D eigenvalue weighted by Gasteiger charge is 2.31. The Morgan fingerprint density at radius 1 is 1.35 bits per heavy atom. The maximum Gasteiger partial charge on any atom is 0.122 e. The Hall–Kier alpha value is -1.39. The minimum Gasteiger partial charge on any atom is -0.494 e. The molecule has 2 atom stereocenters. The molecule has 2 rings (SSSR count). The van der Waals surface area contributed by atoms with Crippen LogP contribution in [0, 0.1) is 0 Å². The van der Waals surface area contributed by atoms with Gasteiger partial charge in [-0.3, -0.25) is 0 Å². The predicted octanol–water partition coefficient (Wildman–Crippen LogP) is 2.29. The van der Waals surface area contributed by atoms with Crippen LogP contribution < -0.4 is 10.5 Å². The summed E-state index contributed by atoms with van der Waals surface area (Å²) in [6, 6.07) is 6.04. The average Bonchev–Trinajstić information content (AvgIpc) is 2.78. The number of carbonyl (C=O) groups excluding carboxylic acids is 1. The quantitative estimate of drug-likeness (QED) is 0.840. The van der Waals surface area contributed by atoms with Gasteiger partial charge in [-0.2, -0.15) is 0 Å². The molecular formula is C16H25NO3. The lowest BCUT2D eigenvalue weighted by molar-refractivity contribution is -0.108. The first-order valence-corrected chi connectivity index (χ1v) is 7.12. The number of hydrogen-bond donors (Lipinski definition) is 1. The maximum absolute atomic E-state index is 10.6. The second-order valence-corrected chi connectivity index (χ2v) is 4.71. The topological polar surface area (TPSA) is 61.6 Å². The van der Waals surface area contributed by atoms with Crippen molar-refractivity contribution in [2.45, 2.75) is 38.6 Å². The number of carbonyl (C=O) groups is 1. The molecule has 0 fully saturated rings. The molecule has 0 spiro atoms. The molecule has 0 aromatic heterocycles. The molecule has 112 valence electrons. The van der Waals surface area contributed by atoms with Gasteiger partial charge in [0.15, 0.2) is 0 Å². The lowest BCUT2D eigenvalue weighted by Gasteiger charge is -2.13. The molecule has 4 heteroatoms. The third-order valence-electron chi connectivity index (χ3n) is 3.46. The van der Waals surface area contributed by atoms with Crippen molar-refractivity contribution in [2.75, 3.05) is 20.3 Å². The van der Waals surface area contributed by atoms with E-state index in [0.29, 0.717) is 13.0 Å². The molecule has 0 aliphatic heterocycles. The van der Waals surface area contributed by atoms with Crippen LogP contribution in [-0.2, 0) is 16.0 Å². The summed E-state index contributed by atoms with van der Waals surface area (Å²) < 4.78 is 10.1. The predicted molar refractivity (Wildman–Crippen MR) is 80.3 cm³/mol.